The van der Waals surface area contributed by atoms with Gasteiger partial charge in [0.15, 0.2) is 11.5 Å². The van der Waals surface area contributed by atoms with E-state index >= 15 is 0 Å². The second kappa shape index (κ2) is 4.65. The van der Waals surface area contributed by atoms with Crippen LogP contribution >= 0.6 is 0 Å². The monoisotopic (exact) mass is 238 g/mol. The molecular formula is C13H18O4. The Balaban J connectivity index is 2.85. The fraction of sp³-hybridized carbons (Fsp3) is 0.462. The summed E-state index contributed by atoms with van der Waals surface area (Å²) in [5, 5.41) is 18.5. The topological polar surface area (TPSA) is 66.8 Å². The third-order valence-electron chi connectivity index (χ3n) is 2.26. The molecule has 0 saturated carbocycles. The third-order valence-corrected chi connectivity index (χ3v) is 2.26. The molecule has 0 saturated heterocycles. The number of aromatic hydroxyl groups is 2. The predicted molar refractivity (Wildman–Crippen MR) is 64.0 cm³/mol. The molecule has 1 atom stereocenters. The van der Waals surface area contributed by atoms with E-state index in [1.807, 2.05) is 0 Å². The molecule has 4 heteroatoms. The minimum atomic E-state index is -0.537. The molecule has 1 aromatic carbocycles. The predicted octanol–water partition coefficient (Wildman–Crippen LogP) is 2.54. The van der Waals surface area contributed by atoms with E-state index in [1.165, 1.54) is 12.1 Å². The molecule has 0 aliphatic heterocycles. The number of esters is 1. The van der Waals surface area contributed by atoms with Gasteiger partial charge in [-0.2, -0.15) is 0 Å². The maximum atomic E-state index is 11.8. The minimum Gasteiger partial charge on any atom is -0.504 e. The number of phenolic OH excluding ortho intramolecular Hbond substituents is 2. The molecule has 0 aliphatic carbocycles. The lowest BCUT2D eigenvalue weighted by molar-refractivity contribution is -0.156. The lowest BCUT2D eigenvalue weighted by Gasteiger charge is -2.22. The largest absolute Gasteiger partial charge is 0.504 e. The second-order valence-corrected chi connectivity index (χ2v) is 5.00. The first kappa shape index (κ1) is 13.4. The number of rotatable bonds is 2. The lowest BCUT2D eigenvalue weighted by atomic mass is 10.0. The van der Waals surface area contributed by atoms with E-state index in [2.05, 4.69) is 0 Å². The van der Waals surface area contributed by atoms with Crippen LogP contribution in [0.15, 0.2) is 18.2 Å². The van der Waals surface area contributed by atoms with E-state index in [1.54, 1.807) is 33.8 Å². The van der Waals surface area contributed by atoms with Gasteiger partial charge >= 0.3 is 5.97 Å². The summed E-state index contributed by atoms with van der Waals surface area (Å²) in [5.74, 6) is -1.29. The zero-order valence-corrected chi connectivity index (χ0v) is 10.5. The molecule has 0 radical (unpaired) electrons. The fourth-order valence-electron chi connectivity index (χ4n) is 1.34. The molecule has 0 aliphatic rings. The Labute approximate surface area is 101 Å². The van der Waals surface area contributed by atoms with Gasteiger partial charge in [0.05, 0.1) is 5.92 Å². The Kier molecular flexibility index (Phi) is 3.66. The summed E-state index contributed by atoms with van der Waals surface area (Å²) in [6, 6.07) is 4.30. The Hall–Kier alpha value is -1.71. The third kappa shape index (κ3) is 3.66. The molecule has 0 amide bonds. The van der Waals surface area contributed by atoms with Crippen molar-refractivity contribution in [2.24, 2.45) is 0 Å². The first-order valence-corrected chi connectivity index (χ1v) is 5.45. The van der Waals surface area contributed by atoms with Crippen LogP contribution in [-0.4, -0.2) is 21.8 Å². The van der Waals surface area contributed by atoms with Gasteiger partial charge in [-0.05, 0) is 45.4 Å². The Morgan fingerprint density at radius 1 is 1.24 bits per heavy atom. The first-order chi connectivity index (χ1) is 7.70. The van der Waals surface area contributed by atoms with Crippen molar-refractivity contribution in [2.75, 3.05) is 0 Å². The first-order valence-electron chi connectivity index (χ1n) is 5.45. The van der Waals surface area contributed by atoms with Gasteiger partial charge in [-0.25, -0.2) is 0 Å². The Bertz CT molecular complexity index is 418. The average Bonchev–Trinajstić information content (AvgIpc) is 2.18. The van der Waals surface area contributed by atoms with Gasteiger partial charge in [0.2, 0.25) is 0 Å². The summed E-state index contributed by atoms with van der Waals surface area (Å²) in [5.41, 5.74) is 0.0687. The average molecular weight is 238 g/mol. The van der Waals surface area contributed by atoms with Crippen LogP contribution in [0.2, 0.25) is 0 Å². The molecule has 1 rings (SSSR count). The van der Waals surface area contributed by atoms with Crippen molar-refractivity contribution in [1.29, 1.82) is 0 Å². The molecule has 0 bridgehead atoms. The zero-order valence-electron chi connectivity index (χ0n) is 10.5. The summed E-state index contributed by atoms with van der Waals surface area (Å²) < 4.78 is 5.24. The van der Waals surface area contributed by atoms with Crippen LogP contribution in [0.25, 0.3) is 0 Å². The van der Waals surface area contributed by atoms with Crippen molar-refractivity contribution in [2.45, 2.75) is 39.2 Å². The highest BCUT2D eigenvalue weighted by Crippen LogP contribution is 2.29. The number of carbonyl (C=O) groups excluding carboxylic acids is 1. The summed E-state index contributed by atoms with van der Waals surface area (Å²) in [6.07, 6.45) is 0. The standard InChI is InChI=1S/C13H18O4/c1-8(12(16)17-13(2,3)4)9-5-6-10(14)11(15)7-9/h5-8,14-15H,1-4H3. The Morgan fingerprint density at radius 2 is 1.82 bits per heavy atom. The summed E-state index contributed by atoms with van der Waals surface area (Å²) in [7, 11) is 0. The van der Waals surface area contributed by atoms with E-state index in [9.17, 15) is 15.0 Å². The molecule has 2 N–H and O–H groups in total. The van der Waals surface area contributed by atoms with Gasteiger partial charge in [0.1, 0.15) is 5.60 Å². The zero-order chi connectivity index (χ0) is 13.2. The van der Waals surface area contributed by atoms with Gasteiger partial charge in [-0.3, -0.25) is 4.79 Å². The van der Waals surface area contributed by atoms with Crippen molar-refractivity contribution >= 4 is 5.97 Å². The quantitative estimate of drug-likeness (QED) is 0.613. The van der Waals surface area contributed by atoms with Gasteiger partial charge in [0.25, 0.3) is 0 Å². The number of benzene rings is 1. The SMILES string of the molecule is CC(C(=O)OC(C)(C)C)c1ccc(O)c(O)c1. The smallest absolute Gasteiger partial charge is 0.313 e. The number of hydrogen-bond donors (Lipinski definition) is 2. The minimum absolute atomic E-state index is 0.204. The lowest BCUT2D eigenvalue weighted by Crippen LogP contribution is -2.26. The summed E-state index contributed by atoms with van der Waals surface area (Å²) in [6.45, 7) is 7.09. The van der Waals surface area contributed by atoms with Crippen molar-refractivity contribution in [1.82, 2.24) is 0 Å². The van der Waals surface area contributed by atoms with Gasteiger partial charge in [-0.15, -0.1) is 0 Å². The van der Waals surface area contributed by atoms with Crippen molar-refractivity contribution in [3.05, 3.63) is 23.8 Å². The normalized spacial score (nSPS) is 13.2. The highest BCUT2D eigenvalue weighted by atomic mass is 16.6. The van der Waals surface area contributed by atoms with E-state index in [4.69, 9.17) is 4.74 Å². The van der Waals surface area contributed by atoms with Crippen LogP contribution in [0.3, 0.4) is 0 Å². The van der Waals surface area contributed by atoms with Crippen molar-refractivity contribution < 1.29 is 19.7 Å². The highest BCUT2D eigenvalue weighted by Gasteiger charge is 2.23. The van der Waals surface area contributed by atoms with E-state index in [0.717, 1.165) is 0 Å². The van der Waals surface area contributed by atoms with Crippen molar-refractivity contribution in [3.8, 4) is 11.5 Å². The number of ether oxygens (including phenoxy) is 1. The number of phenols is 2. The Morgan fingerprint density at radius 3 is 2.29 bits per heavy atom. The van der Waals surface area contributed by atoms with Gasteiger partial charge in [0, 0.05) is 0 Å². The van der Waals surface area contributed by atoms with Gasteiger partial charge < -0.3 is 14.9 Å². The summed E-state index contributed by atoms with van der Waals surface area (Å²) >= 11 is 0. The molecular weight excluding hydrogens is 220 g/mol. The van der Waals surface area contributed by atoms with E-state index in [-0.39, 0.29) is 17.5 Å². The van der Waals surface area contributed by atoms with Crippen LogP contribution in [0.4, 0.5) is 0 Å². The van der Waals surface area contributed by atoms with Crippen LogP contribution in [-0.2, 0) is 9.53 Å². The van der Waals surface area contributed by atoms with Crippen LogP contribution in [0.5, 0.6) is 11.5 Å². The van der Waals surface area contributed by atoms with Gasteiger partial charge in [-0.1, -0.05) is 6.07 Å². The molecule has 0 aromatic heterocycles. The molecule has 1 aromatic rings. The fourth-order valence-corrected chi connectivity index (χ4v) is 1.34. The molecule has 1 unspecified atom stereocenters. The van der Waals surface area contributed by atoms with Crippen LogP contribution in [0, 0.1) is 0 Å². The summed E-state index contributed by atoms with van der Waals surface area (Å²) in [4.78, 5) is 11.8. The molecule has 17 heavy (non-hydrogen) atoms. The highest BCUT2D eigenvalue weighted by molar-refractivity contribution is 5.78. The van der Waals surface area contributed by atoms with E-state index < -0.39 is 11.5 Å². The molecule has 0 heterocycles. The molecule has 4 nitrogen and oxygen atoms in total. The van der Waals surface area contributed by atoms with E-state index in [0.29, 0.717) is 5.56 Å². The number of hydrogen-bond acceptors (Lipinski definition) is 4. The van der Waals surface area contributed by atoms with Crippen LogP contribution in [0.1, 0.15) is 39.2 Å². The molecule has 94 valence electrons. The second-order valence-electron chi connectivity index (χ2n) is 5.00. The number of carbonyl (C=O) groups is 1. The van der Waals surface area contributed by atoms with Crippen LogP contribution < -0.4 is 0 Å². The maximum Gasteiger partial charge on any atom is 0.313 e. The molecule has 0 spiro atoms. The maximum absolute atomic E-state index is 11.8. The molecule has 0 fully saturated rings. The van der Waals surface area contributed by atoms with Crippen molar-refractivity contribution in [3.63, 3.8) is 0 Å².